The average molecular weight is 175 g/mol. The van der Waals surface area contributed by atoms with Gasteiger partial charge >= 0.3 is 0 Å². The number of pyridine rings is 1. The Labute approximate surface area is 74.9 Å². The molecule has 1 aromatic rings. The van der Waals surface area contributed by atoms with Crippen molar-refractivity contribution in [3.05, 3.63) is 24.0 Å². The minimum atomic E-state index is -1.30. The lowest BCUT2D eigenvalue weighted by Gasteiger charge is -2.17. The molecule has 0 saturated heterocycles. The summed E-state index contributed by atoms with van der Waals surface area (Å²) in [5.74, 6) is 2.63. The van der Waals surface area contributed by atoms with Crippen LogP contribution in [0.25, 0.3) is 0 Å². The minimum Gasteiger partial charge on any atom is -0.248 e. The summed E-state index contributed by atoms with van der Waals surface area (Å²) >= 11 is 0. The molecule has 0 fully saturated rings. The van der Waals surface area contributed by atoms with Crippen LogP contribution in [0.4, 0.5) is 0 Å². The van der Waals surface area contributed by atoms with Gasteiger partial charge in [0.15, 0.2) is 0 Å². The molecule has 0 saturated carbocycles. The Kier molecular flexibility index (Phi) is 2.34. The number of hydrogen-bond donors (Lipinski definition) is 0. The maximum Gasteiger partial charge on any atom is 0.112 e. The second-order valence-electron chi connectivity index (χ2n) is 3.79. The van der Waals surface area contributed by atoms with Gasteiger partial charge in [-0.05, 0) is 11.3 Å². The summed E-state index contributed by atoms with van der Waals surface area (Å²) < 4.78 is 0. The van der Waals surface area contributed by atoms with Gasteiger partial charge in [-0.15, -0.1) is 6.42 Å². The van der Waals surface area contributed by atoms with E-state index in [1.165, 1.54) is 5.19 Å². The van der Waals surface area contributed by atoms with Gasteiger partial charge in [0.25, 0.3) is 0 Å². The van der Waals surface area contributed by atoms with Crippen LogP contribution in [-0.4, -0.2) is 13.1 Å². The maximum atomic E-state index is 5.36. The molecule has 0 amide bonds. The first-order valence-electron chi connectivity index (χ1n) is 3.98. The molecule has 0 N–H and O–H groups in total. The van der Waals surface area contributed by atoms with Crippen molar-refractivity contribution < 1.29 is 0 Å². The van der Waals surface area contributed by atoms with Gasteiger partial charge in [0.05, 0.1) is 8.07 Å². The quantitative estimate of drug-likeness (QED) is 0.467. The number of nitrogens with zero attached hydrogens (tertiary/aromatic N) is 1. The predicted molar refractivity (Wildman–Crippen MR) is 55.2 cm³/mol. The summed E-state index contributed by atoms with van der Waals surface area (Å²) in [6.07, 6.45) is 7.11. The van der Waals surface area contributed by atoms with E-state index in [0.717, 1.165) is 5.69 Å². The fraction of sp³-hybridized carbons (Fsp3) is 0.300. The Balaban J connectivity index is 3.26. The minimum absolute atomic E-state index is 0.816. The Bertz CT molecular complexity index is 317. The van der Waals surface area contributed by atoms with E-state index in [-0.39, 0.29) is 0 Å². The molecule has 2 heteroatoms. The molecule has 0 radical (unpaired) electrons. The van der Waals surface area contributed by atoms with Gasteiger partial charge in [-0.1, -0.05) is 31.6 Å². The first-order valence-corrected chi connectivity index (χ1v) is 7.48. The van der Waals surface area contributed by atoms with Crippen LogP contribution >= 0.6 is 0 Å². The van der Waals surface area contributed by atoms with Crippen LogP contribution in [0.3, 0.4) is 0 Å². The third kappa shape index (κ3) is 1.75. The highest BCUT2D eigenvalue weighted by molar-refractivity contribution is 6.89. The molecule has 0 aliphatic heterocycles. The molecule has 0 bridgehead atoms. The van der Waals surface area contributed by atoms with E-state index in [1.807, 2.05) is 6.07 Å². The van der Waals surface area contributed by atoms with Gasteiger partial charge in [-0.2, -0.15) is 0 Å². The van der Waals surface area contributed by atoms with Gasteiger partial charge in [0, 0.05) is 6.20 Å². The fourth-order valence-electron chi connectivity index (χ4n) is 1.13. The summed E-state index contributed by atoms with van der Waals surface area (Å²) in [5.41, 5.74) is 0.816. The third-order valence-corrected chi connectivity index (χ3v) is 3.77. The van der Waals surface area contributed by atoms with Crippen LogP contribution < -0.4 is 5.19 Å². The molecule has 0 atom stereocenters. The monoisotopic (exact) mass is 175 g/mol. The lowest BCUT2D eigenvalue weighted by Crippen LogP contribution is -2.40. The zero-order valence-electron chi connectivity index (χ0n) is 7.76. The predicted octanol–water partition coefficient (Wildman–Crippen LogP) is 1.61. The zero-order chi connectivity index (χ0) is 9.19. The molecule has 1 heterocycles. The molecule has 62 valence electrons. The van der Waals surface area contributed by atoms with E-state index in [9.17, 15) is 0 Å². The van der Waals surface area contributed by atoms with Gasteiger partial charge in [-0.3, -0.25) is 0 Å². The van der Waals surface area contributed by atoms with Crippen molar-refractivity contribution in [2.24, 2.45) is 0 Å². The second-order valence-corrected chi connectivity index (χ2v) is 8.83. The second kappa shape index (κ2) is 3.12. The fourth-order valence-corrected chi connectivity index (χ4v) is 2.57. The molecule has 1 nitrogen and oxygen atoms in total. The molecule has 1 rings (SSSR count). The van der Waals surface area contributed by atoms with E-state index >= 15 is 0 Å². The highest BCUT2D eigenvalue weighted by Gasteiger charge is 2.19. The van der Waals surface area contributed by atoms with Crippen LogP contribution in [0.15, 0.2) is 18.3 Å². The molecule has 12 heavy (non-hydrogen) atoms. The van der Waals surface area contributed by atoms with E-state index in [1.54, 1.807) is 6.20 Å². The third-order valence-electron chi connectivity index (χ3n) is 1.75. The van der Waals surface area contributed by atoms with Gasteiger partial charge < -0.3 is 0 Å². The van der Waals surface area contributed by atoms with Crippen molar-refractivity contribution in [3.8, 4) is 12.3 Å². The molecule has 0 aliphatic rings. The molecule has 0 aliphatic carbocycles. The van der Waals surface area contributed by atoms with Crippen molar-refractivity contribution in [3.63, 3.8) is 0 Å². The molecular weight excluding hydrogens is 162 g/mol. The van der Waals surface area contributed by atoms with Crippen molar-refractivity contribution in [2.75, 3.05) is 0 Å². The Morgan fingerprint density at radius 2 is 2.08 bits per heavy atom. The summed E-state index contributed by atoms with van der Waals surface area (Å²) in [5, 5.41) is 1.27. The Morgan fingerprint density at radius 1 is 1.42 bits per heavy atom. The Morgan fingerprint density at radius 3 is 2.50 bits per heavy atom. The van der Waals surface area contributed by atoms with Gasteiger partial charge in [0.1, 0.15) is 5.69 Å². The first kappa shape index (κ1) is 9.02. The van der Waals surface area contributed by atoms with Crippen LogP contribution in [0.5, 0.6) is 0 Å². The molecule has 0 aromatic carbocycles. The standard InChI is InChI=1S/C10H13NSi/c1-5-9-10(12(2,3)4)7-6-8-11-9/h1,6-8H,2-4H3. The summed E-state index contributed by atoms with van der Waals surface area (Å²) in [4.78, 5) is 4.16. The smallest absolute Gasteiger partial charge is 0.112 e. The highest BCUT2D eigenvalue weighted by atomic mass is 28.3. The van der Waals surface area contributed by atoms with Crippen LogP contribution in [-0.2, 0) is 0 Å². The van der Waals surface area contributed by atoms with Gasteiger partial charge in [0.2, 0.25) is 0 Å². The SMILES string of the molecule is C#Cc1ncccc1[Si](C)(C)C. The van der Waals surface area contributed by atoms with E-state index in [4.69, 9.17) is 6.42 Å². The Hall–Kier alpha value is -1.07. The number of aromatic nitrogens is 1. The summed E-state index contributed by atoms with van der Waals surface area (Å²) in [6.45, 7) is 6.81. The molecular formula is C10H13NSi. The van der Waals surface area contributed by atoms with E-state index in [0.29, 0.717) is 0 Å². The lowest BCUT2D eigenvalue weighted by atomic mass is 10.4. The first-order chi connectivity index (χ1) is 5.55. The number of hydrogen-bond acceptors (Lipinski definition) is 1. The normalized spacial score (nSPS) is 10.8. The van der Waals surface area contributed by atoms with Crippen LogP contribution in [0, 0.1) is 12.3 Å². The molecule has 0 unspecified atom stereocenters. The zero-order valence-corrected chi connectivity index (χ0v) is 8.76. The van der Waals surface area contributed by atoms with Gasteiger partial charge in [-0.25, -0.2) is 4.98 Å². The van der Waals surface area contributed by atoms with Crippen molar-refractivity contribution in [1.29, 1.82) is 0 Å². The summed E-state index contributed by atoms with van der Waals surface area (Å²) in [7, 11) is -1.30. The largest absolute Gasteiger partial charge is 0.248 e. The maximum absolute atomic E-state index is 5.36. The lowest BCUT2D eigenvalue weighted by molar-refractivity contribution is 1.30. The topological polar surface area (TPSA) is 12.9 Å². The number of terminal acetylenes is 1. The van der Waals surface area contributed by atoms with Crippen molar-refractivity contribution in [2.45, 2.75) is 19.6 Å². The number of rotatable bonds is 1. The van der Waals surface area contributed by atoms with Crippen molar-refractivity contribution >= 4 is 13.3 Å². The molecule has 1 aromatic heterocycles. The molecule has 0 spiro atoms. The van der Waals surface area contributed by atoms with E-state index < -0.39 is 8.07 Å². The highest BCUT2D eigenvalue weighted by Crippen LogP contribution is 2.03. The van der Waals surface area contributed by atoms with Crippen LogP contribution in [0.2, 0.25) is 19.6 Å². The van der Waals surface area contributed by atoms with Crippen molar-refractivity contribution in [1.82, 2.24) is 4.98 Å². The van der Waals surface area contributed by atoms with E-state index in [2.05, 4.69) is 36.6 Å². The summed E-state index contributed by atoms with van der Waals surface area (Å²) in [6, 6.07) is 4.04. The average Bonchev–Trinajstić information content (AvgIpc) is 2.03. The van der Waals surface area contributed by atoms with Crippen LogP contribution in [0.1, 0.15) is 5.69 Å².